The van der Waals surface area contributed by atoms with Crippen molar-refractivity contribution in [3.05, 3.63) is 0 Å². The Bertz CT molecular complexity index is 324. The maximum absolute atomic E-state index is 11.9. The predicted octanol–water partition coefficient (Wildman–Crippen LogP) is -3.57. The van der Waals surface area contributed by atoms with Crippen molar-refractivity contribution < 1.29 is 66.5 Å². The lowest BCUT2D eigenvalue weighted by Gasteiger charge is -2.33. The minimum Gasteiger partial charge on any atom is -1.00 e. The van der Waals surface area contributed by atoms with E-state index in [-0.39, 0.29) is 53.9 Å². The summed E-state index contributed by atoms with van der Waals surface area (Å²) >= 11 is 0. The molecule has 0 saturated carbocycles. The van der Waals surface area contributed by atoms with E-state index in [4.69, 9.17) is 4.74 Å². The van der Waals surface area contributed by atoms with Gasteiger partial charge in [0.1, 0.15) is 13.2 Å². The third kappa shape index (κ3) is 10.4. The number of quaternary nitrogens is 2. The molecular formula is C17H36I2N2O2. The van der Waals surface area contributed by atoms with Crippen LogP contribution in [0.5, 0.6) is 0 Å². The zero-order valence-corrected chi connectivity index (χ0v) is 19.8. The monoisotopic (exact) mass is 554 g/mol. The number of hydrogen-bond donors (Lipinski definition) is 0. The minimum absolute atomic E-state index is 0. The molecule has 0 aliphatic carbocycles. The molecule has 1 aliphatic heterocycles. The van der Waals surface area contributed by atoms with Crippen molar-refractivity contribution in [1.29, 1.82) is 0 Å². The summed E-state index contributed by atoms with van der Waals surface area (Å²) in [6.07, 6.45) is 5.64. The number of carbonyl (C=O) groups excluding carboxylic acids is 1. The number of hydrogen-bond acceptors (Lipinski definition) is 2. The lowest BCUT2D eigenvalue weighted by Crippen LogP contribution is -3.00. The summed E-state index contributed by atoms with van der Waals surface area (Å²) in [6, 6.07) is 0. The zero-order valence-electron chi connectivity index (χ0n) is 15.5. The number of nitrogens with zero attached hydrogens (tertiary/aromatic N) is 2. The Morgan fingerprint density at radius 2 is 1.74 bits per heavy atom. The van der Waals surface area contributed by atoms with Crippen molar-refractivity contribution in [2.75, 3.05) is 60.0 Å². The van der Waals surface area contributed by atoms with Gasteiger partial charge in [0, 0.05) is 12.8 Å². The summed E-state index contributed by atoms with van der Waals surface area (Å²) in [7, 11) is 4.52. The van der Waals surface area contributed by atoms with Crippen molar-refractivity contribution in [2.24, 2.45) is 0 Å². The van der Waals surface area contributed by atoms with Crippen molar-refractivity contribution in [2.45, 2.75) is 46.0 Å². The van der Waals surface area contributed by atoms with Gasteiger partial charge in [-0.2, -0.15) is 0 Å². The molecule has 0 amide bonds. The largest absolute Gasteiger partial charge is 1.00 e. The Morgan fingerprint density at radius 1 is 1.13 bits per heavy atom. The van der Waals surface area contributed by atoms with E-state index in [1.807, 2.05) is 0 Å². The molecule has 1 rings (SSSR count). The summed E-state index contributed by atoms with van der Waals surface area (Å²) in [5.41, 5.74) is 0. The summed E-state index contributed by atoms with van der Waals surface area (Å²) in [6.45, 7) is 11.6. The summed E-state index contributed by atoms with van der Waals surface area (Å²) in [5, 5.41) is 0. The molecule has 1 saturated heterocycles. The van der Waals surface area contributed by atoms with Crippen LogP contribution in [0, 0.1) is 0 Å². The molecule has 1 unspecified atom stereocenters. The molecule has 0 N–H and O–H groups in total. The Hall–Kier alpha value is 0.850. The van der Waals surface area contributed by atoms with Crippen molar-refractivity contribution in [3.63, 3.8) is 0 Å². The van der Waals surface area contributed by atoms with E-state index < -0.39 is 0 Å². The fourth-order valence-electron chi connectivity index (χ4n) is 3.10. The fourth-order valence-corrected chi connectivity index (χ4v) is 3.10. The Morgan fingerprint density at radius 3 is 2.26 bits per heavy atom. The van der Waals surface area contributed by atoms with Crippen LogP contribution in [0.3, 0.4) is 0 Å². The van der Waals surface area contributed by atoms with Crippen LogP contribution < -0.4 is 48.0 Å². The molecule has 0 aromatic heterocycles. The van der Waals surface area contributed by atoms with Gasteiger partial charge in [0.25, 0.3) is 0 Å². The third-order valence-electron chi connectivity index (χ3n) is 5.21. The number of likely N-dealkylation sites (N-methyl/N-ethyl adjacent to an activating group) is 1. The van der Waals surface area contributed by atoms with E-state index in [0.717, 1.165) is 28.6 Å². The number of halogens is 2. The van der Waals surface area contributed by atoms with Crippen LogP contribution >= 0.6 is 0 Å². The molecule has 4 nitrogen and oxygen atoms in total. The van der Waals surface area contributed by atoms with Gasteiger partial charge in [-0.1, -0.05) is 13.3 Å². The highest BCUT2D eigenvalue weighted by Gasteiger charge is 2.27. The molecule has 1 heterocycles. The highest BCUT2D eigenvalue weighted by Crippen LogP contribution is 2.16. The normalized spacial score (nSPS) is 18.4. The van der Waals surface area contributed by atoms with Crippen molar-refractivity contribution in [3.8, 4) is 0 Å². The SMILES string of the molecule is CCCC[N+](C)(CC)CCOC(=O)CC[N+]1(C)CCCC1.[I-].[I-]. The van der Waals surface area contributed by atoms with Crippen LogP contribution in [0.15, 0.2) is 0 Å². The molecular weight excluding hydrogens is 518 g/mol. The molecule has 0 spiro atoms. The quantitative estimate of drug-likeness (QED) is 0.159. The molecule has 0 aromatic carbocycles. The average molecular weight is 554 g/mol. The molecule has 1 aliphatic rings. The van der Waals surface area contributed by atoms with Crippen LogP contribution in [0.4, 0.5) is 0 Å². The number of rotatable bonds is 10. The third-order valence-corrected chi connectivity index (χ3v) is 5.21. The first kappa shape index (κ1) is 26.1. The maximum atomic E-state index is 11.9. The van der Waals surface area contributed by atoms with Gasteiger partial charge in [-0.05, 0) is 13.3 Å². The lowest BCUT2D eigenvalue weighted by atomic mass is 10.2. The molecule has 140 valence electrons. The number of unbranched alkanes of at least 4 members (excludes halogenated alkanes) is 1. The van der Waals surface area contributed by atoms with E-state index >= 15 is 0 Å². The maximum Gasteiger partial charge on any atom is 0.311 e. The lowest BCUT2D eigenvalue weighted by molar-refractivity contribution is -0.908. The van der Waals surface area contributed by atoms with Crippen molar-refractivity contribution in [1.82, 2.24) is 0 Å². The summed E-state index contributed by atoms with van der Waals surface area (Å²) < 4.78 is 7.52. The van der Waals surface area contributed by atoms with Crippen LogP contribution in [0.25, 0.3) is 0 Å². The molecule has 0 bridgehead atoms. The minimum atomic E-state index is -0.0144. The predicted molar refractivity (Wildman–Crippen MR) is 87.0 cm³/mol. The number of esters is 1. The average Bonchev–Trinajstić information content (AvgIpc) is 2.90. The van der Waals surface area contributed by atoms with Gasteiger partial charge in [-0.3, -0.25) is 4.79 Å². The van der Waals surface area contributed by atoms with E-state index in [1.54, 1.807) is 0 Å². The first-order valence-corrected chi connectivity index (χ1v) is 8.76. The van der Waals surface area contributed by atoms with Gasteiger partial charge in [0.05, 0.1) is 53.2 Å². The van der Waals surface area contributed by atoms with Gasteiger partial charge < -0.3 is 61.7 Å². The van der Waals surface area contributed by atoms with E-state index in [1.165, 1.54) is 45.3 Å². The van der Waals surface area contributed by atoms with Gasteiger partial charge >= 0.3 is 5.97 Å². The van der Waals surface area contributed by atoms with E-state index in [2.05, 4.69) is 27.9 Å². The first-order valence-electron chi connectivity index (χ1n) is 8.76. The van der Waals surface area contributed by atoms with Crippen LogP contribution in [-0.4, -0.2) is 74.9 Å². The molecule has 6 heteroatoms. The standard InChI is InChI=1S/C17H36N2O2.2HI/c1-5-7-11-18(3,6-2)15-16-21-17(20)10-14-19(4)12-8-9-13-19;;/h5-16H2,1-4H3;2*1H/q+2;;/p-2. The van der Waals surface area contributed by atoms with Crippen LogP contribution in [0.1, 0.15) is 46.0 Å². The Labute approximate surface area is 177 Å². The van der Waals surface area contributed by atoms with Gasteiger partial charge in [-0.15, -0.1) is 0 Å². The Balaban J connectivity index is 0. The second kappa shape index (κ2) is 13.1. The highest BCUT2D eigenvalue weighted by atomic mass is 127. The smallest absolute Gasteiger partial charge is 0.311 e. The molecule has 23 heavy (non-hydrogen) atoms. The highest BCUT2D eigenvalue weighted by molar-refractivity contribution is 5.69. The summed E-state index contributed by atoms with van der Waals surface area (Å²) in [4.78, 5) is 11.9. The topological polar surface area (TPSA) is 26.3 Å². The second-order valence-electron chi connectivity index (χ2n) is 7.20. The first-order chi connectivity index (χ1) is 9.93. The van der Waals surface area contributed by atoms with E-state index in [9.17, 15) is 4.79 Å². The zero-order chi connectivity index (χ0) is 15.8. The molecule has 1 atom stereocenters. The van der Waals surface area contributed by atoms with Crippen molar-refractivity contribution >= 4 is 5.97 Å². The van der Waals surface area contributed by atoms with Gasteiger partial charge in [-0.25, -0.2) is 0 Å². The number of ether oxygens (including phenoxy) is 1. The van der Waals surface area contributed by atoms with Crippen LogP contribution in [-0.2, 0) is 9.53 Å². The van der Waals surface area contributed by atoms with Crippen LogP contribution in [0.2, 0.25) is 0 Å². The Kier molecular flexibility index (Phi) is 14.9. The second-order valence-corrected chi connectivity index (χ2v) is 7.20. The van der Waals surface area contributed by atoms with E-state index in [0.29, 0.717) is 13.0 Å². The number of likely N-dealkylation sites (tertiary alicyclic amines) is 1. The summed E-state index contributed by atoms with van der Waals surface area (Å²) in [5.74, 6) is -0.0144. The molecule has 0 radical (unpaired) electrons. The van der Waals surface area contributed by atoms with Gasteiger partial charge in [0.2, 0.25) is 0 Å². The number of carbonyl (C=O) groups is 1. The fraction of sp³-hybridized carbons (Fsp3) is 0.941. The molecule has 1 fully saturated rings. The molecule has 0 aromatic rings. The van der Waals surface area contributed by atoms with Gasteiger partial charge in [0.15, 0.2) is 0 Å².